The molecule has 0 aliphatic carbocycles. The van der Waals surface area contributed by atoms with E-state index in [2.05, 4.69) is 37.8 Å². The highest BCUT2D eigenvalue weighted by atomic mass is 127. The van der Waals surface area contributed by atoms with Crippen molar-refractivity contribution in [3.05, 3.63) is 40.1 Å². The molecule has 0 unspecified atom stereocenters. The van der Waals surface area contributed by atoms with Gasteiger partial charge in [0.25, 0.3) is 5.91 Å². The van der Waals surface area contributed by atoms with E-state index in [0.29, 0.717) is 16.9 Å². The number of rotatable bonds is 2. The Bertz CT molecular complexity index is 746. The minimum atomic E-state index is -0.514. The van der Waals surface area contributed by atoms with E-state index in [-0.39, 0.29) is 0 Å². The van der Waals surface area contributed by atoms with Crippen LogP contribution in [0.2, 0.25) is 0 Å². The van der Waals surface area contributed by atoms with Gasteiger partial charge in [-0.15, -0.1) is 0 Å². The van der Waals surface area contributed by atoms with E-state index in [4.69, 9.17) is 5.73 Å². The van der Waals surface area contributed by atoms with Crippen molar-refractivity contribution >= 4 is 34.1 Å². The summed E-state index contributed by atoms with van der Waals surface area (Å²) in [5.74, 6) is -0.514. The first kappa shape index (κ1) is 11.1. The molecular formula is C10H7IN6O. The van der Waals surface area contributed by atoms with E-state index in [0.717, 1.165) is 3.70 Å². The maximum absolute atomic E-state index is 11.0. The van der Waals surface area contributed by atoms with Gasteiger partial charge in [0.15, 0.2) is 5.65 Å². The molecule has 7 nitrogen and oxygen atoms in total. The molecule has 0 radical (unpaired) electrons. The van der Waals surface area contributed by atoms with Gasteiger partial charge in [0.1, 0.15) is 9.39 Å². The Morgan fingerprint density at radius 1 is 1.33 bits per heavy atom. The lowest BCUT2D eigenvalue weighted by Gasteiger charge is -1.98. The fraction of sp³-hybridized carbons (Fsp3) is 0. The number of nitrogens with zero attached hydrogens (tertiary/aromatic N) is 5. The van der Waals surface area contributed by atoms with Crippen LogP contribution in [0.15, 0.2) is 30.9 Å². The first-order valence-electron chi connectivity index (χ1n) is 5.00. The second-order valence-electron chi connectivity index (χ2n) is 3.59. The first-order valence-corrected chi connectivity index (χ1v) is 6.08. The summed E-state index contributed by atoms with van der Waals surface area (Å²) in [5.41, 5.74) is 6.90. The van der Waals surface area contributed by atoms with Gasteiger partial charge in [-0.05, 0) is 28.7 Å². The van der Waals surface area contributed by atoms with Gasteiger partial charge < -0.3 is 5.73 Å². The van der Waals surface area contributed by atoms with Crippen LogP contribution < -0.4 is 5.73 Å². The first-order chi connectivity index (χ1) is 8.65. The predicted molar refractivity (Wildman–Crippen MR) is 71.3 cm³/mol. The molecule has 2 N–H and O–H groups in total. The standard InChI is InChI=1S/C10H7IN6O/c11-8-1-2-16-10(15-8)7(4-14-16)17-5-6(3-13-17)9(12)18/h1-5H,(H2,12,18). The second-order valence-corrected chi connectivity index (χ2v) is 4.69. The van der Waals surface area contributed by atoms with Crippen molar-refractivity contribution in [1.82, 2.24) is 24.4 Å². The van der Waals surface area contributed by atoms with Crippen LogP contribution in [0.5, 0.6) is 0 Å². The number of hydrogen-bond acceptors (Lipinski definition) is 4. The van der Waals surface area contributed by atoms with Crippen molar-refractivity contribution in [2.24, 2.45) is 5.73 Å². The molecule has 1 amide bonds. The number of carbonyl (C=O) groups is 1. The molecule has 90 valence electrons. The summed E-state index contributed by atoms with van der Waals surface area (Å²) in [6, 6.07) is 1.85. The monoisotopic (exact) mass is 354 g/mol. The van der Waals surface area contributed by atoms with E-state index >= 15 is 0 Å². The molecule has 3 rings (SSSR count). The lowest BCUT2D eigenvalue weighted by Crippen LogP contribution is -2.09. The number of hydrogen-bond donors (Lipinski definition) is 1. The van der Waals surface area contributed by atoms with Gasteiger partial charge in [-0.2, -0.15) is 10.2 Å². The lowest BCUT2D eigenvalue weighted by atomic mass is 10.3. The summed E-state index contributed by atoms with van der Waals surface area (Å²) in [4.78, 5) is 15.4. The van der Waals surface area contributed by atoms with Gasteiger partial charge in [0.2, 0.25) is 0 Å². The van der Waals surface area contributed by atoms with Crippen molar-refractivity contribution in [3.63, 3.8) is 0 Å². The van der Waals surface area contributed by atoms with Crippen LogP contribution >= 0.6 is 22.6 Å². The SMILES string of the molecule is NC(=O)c1cnn(-c2cnn3ccc(I)nc23)c1. The zero-order valence-corrected chi connectivity index (χ0v) is 11.1. The highest BCUT2D eigenvalue weighted by Crippen LogP contribution is 2.14. The van der Waals surface area contributed by atoms with Gasteiger partial charge in [0.05, 0.1) is 18.0 Å². The summed E-state index contributed by atoms with van der Waals surface area (Å²) >= 11 is 2.12. The Labute approximate surface area is 115 Å². The third kappa shape index (κ3) is 1.74. The molecule has 18 heavy (non-hydrogen) atoms. The molecule has 0 aliphatic rings. The van der Waals surface area contributed by atoms with E-state index in [9.17, 15) is 4.79 Å². The van der Waals surface area contributed by atoms with Gasteiger partial charge in [0, 0.05) is 12.4 Å². The average Bonchev–Trinajstić information content (AvgIpc) is 2.93. The van der Waals surface area contributed by atoms with E-state index < -0.39 is 5.91 Å². The Balaban J connectivity index is 2.18. The van der Waals surface area contributed by atoms with Crippen LogP contribution in [0.1, 0.15) is 10.4 Å². The van der Waals surface area contributed by atoms with Crippen LogP contribution in [-0.4, -0.2) is 30.3 Å². The number of primary amides is 1. The van der Waals surface area contributed by atoms with Crippen molar-refractivity contribution in [2.45, 2.75) is 0 Å². The van der Waals surface area contributed by atoms with Crippen LogP contribution in [-0.2, 0) is 0 Å². The molecule has 0 aromatic carbocycles. The molecule has 0 spiro atoms. The maximum Gasteiger partial charge on any atom is 0.251 e. The predicted octanol–water partition coefficient (Wildman–Crippen LogP) is 0.618. The minimum absolute atomic E-state index is 0.347. The summed E-state index contributed by atoms with van der Waals surface area (Å²) < 4.78 is 4.03. The van der Waals surface area contributed by atoms with Crippen LogP contribution in [0.25, 0.3) is 11.3 Å². The second kappa shape index (κ2) is 4.05. The number of nitrogens with two attached hydrogens (primary N) is 1. The number of fused-ring (bicyclic) bond motifs is 1. The molecule has 0 bridgehead atoms. The molecule has 3 aromatic rings. The molecule has 3 aromatic heterocycles. The summed E-state index contributed by atoms with van der Waals surface area (Å²) in [6.07, 6.45) is 6.42. The zero-order valence-electron chi connectivity index (χ0n) is 8.99. The fourth-order valence-corrected chi connectivity index (χ4v) is 1.97. The zero-order chi connectivity index (χ0) is 12.7. The van der Waals surface area contributed by atoms with Crippen molar-refractivity contribution in [3.8, 4) is 5.69 Å². The molecule has 0 atom stereocenters. The summed E-state index contributed by atoms with van der Waals surface area (Å²) in [7, 11) is 0. The number of carbonyl (C=O) groups excluding carboxylic acids is 1. The quantitative estimate of drug-likeness (QED) is 0.540. The van der Waals surface area contributed by atoms with E-state index in [1.54, 1.807) is 16.9 Å². The lowest BCUT2D eigenvalue weighted by molar-refractivity contribution is 0.100. The highest BCUT2D eigenvalue weighted by molar-refractivity contribution is 14.1. The van der Waals surface area contributed by atoms with Crippen molar-refractivity contribution < 1.29 is 4.79 Å². The van der Waals surface area contributed by atoms with Gasteiger partial charge >= 0.3 is 0 Å². The Kier molecular flexibility index (Phi) is 2.51. The molecule has 3 heterocycles. The topological polar surface area (TPSA) is 91.1 Å². The molecule has 8 heteroatoms. The molecular weight excluding hydrogens is 347 g/mol. The van der Waals surface area contributed by atoms with E-state index in [1.165, 1.54) is 10.9 Å². The third-order valence-corrected chi connectivity index (χ3v) is 3.03. The number of amides is 1. The third-order valence-electron chi connectivity index (χ3n) is 2.43. The number of halogens is 1. The molecule has 0 saturated heterocycles. The molecule has 0 aliphatic heterocycles. The largest absolute Gasteiger partial charge is 0.366 e. The molecule has 0 fully saturated rings. The van der Waals surface area contributed by atoms with Gasteiger partial charge in [-0.3, -0.25) is 4.79 Å². The highest BCUT2D eigenvalue weighted by Gasteiger charge is 2.11. The normalized spacial score (nSPS) is 10.9. The molecule has 0 saturated carbocycles. The Morgan fingerprint density at radius 2 is 2.17 bits per heavy atom. The van der Waals surface area contributed by atoms with Crippen LogP contribution in [0, 0.1) is 3.70 Å². The van der Waals surface area contributed by atoms with Gasteiger partial charge in [-0.1, -0.05) is 0 Å². The smallest absolute Gasteiger partial charge is 0.251 e. The minimum Gasteiger partial charge on any atom is -0.366 e. The van der Waals surface area contributed by atoms with Crippen molar-refractivity contribution in [2.75, 3.05) is 0 Å². The summed E-state index contributed by atoms with van der Waals surface area (Å²) in [5, 5.41) is 8.24. The van der Waals surface area contributed by atoms with Gasteiger partial charge in [-0.25, -0.2) is 14.2 Å². The van der Waals surface area contributed by atoms with E-state index in [1.807, 2.05) is 12.3 Å². The van der Waals surface area contributed by atoms with Crippen molar-refractivity contribution in [1.29, 1.82) is 0 Å². The van der Waals surface area contributed by atoms with Crippen LogP contribution in [0.3, 0.4) is 0 Å². The number of aromatic nitrogens is 5. The average molecular weight is 354 g/mol. The summed E-state index contributed by atoms with van der Waals surface area (Å²) in [6.45, 7) is 0. The van der Waals surface area contributed by atoms with Crippen LogP contribution in [0.4, 0.5) is 0 Å². The fourth-order valence-electron chi connectivity index (χ4n) is 1.58. The Hall–Kier alpha value is -1.97. The Morgan fingerprint density at radius 3 is 2.89 bits per heavy atom. The maximum atomic E-state index is 11.0.